The Morgan fingerprint density at radius 2 is 1.86 bits per heavy atom. The second-order valence-electron chi connectivity index (χ2n) is 7.59. The quantitative estimate of drug-likeness (QED) is 0.892. The third kappa shape index (κ3) is 3.17. The molecule has 0 aromatic heterocycles. The van der Waals surface area contributed by atoms with E-state index in [2.05, 4.69) is 34.5 Å². The molecular formula is C19H28N2. The summed E-state index contributed by atoms with van der Waals surface area (Å²) in [4.78, 5) is 2.72. The van der Waals surface area contributed by atoms with Crippen LogP contribution < -0.4 is 5.32 Å². The summed E-state index contributed by atoms with van der Waals surface area (Å²) < 4.78 is 0. The second kappa shape index (κ2) is 5.73. The minimum Gasteiger partial charge on any atom is -0.313 e. The van der Waals surface area contributed by atoms with E-state index in [0.717, 1.165) is 6.04 Å². The zero-order valence-corrected chi connectivity index (χ0v) is 13.1. The largest absolute Gasteiger partial charge is 0.313 e. The first-order valence-corrected chi connectivity index (χ1v) is 8.86. The Balaban J connectivity index is 1.41. The maximum absolute atomic E-state index is 3.82. The lowest BCUT2D eigenvalue weighted by Gasteiger charge is -2.38. The number of nitrogens with one attached hydrogen (secondary N) is 1. The van der Waals surface area contributed by atoms with E-state index < -0.39 is 0 Å². The molecule has 0 unspecified atom stereocenters. The topological polar surface area (TPSA) is 15.3 Å². The maximum atomic E-state index is 3.82. The smallest absolute Gasteiger partial charge is 0.0236 e. The first kappa shape index (κ1) is 13.8. The Kier molecular flexibility index (Phi) is 3.76. The minimum atomic E-state index is 0.564. The Labute approximate surface area is 128 Å². The third-order valence-electron chi connectivity index (χ3n) is 5.78. The van der Waals surface area contributed by atoms with Crippen LogP contribution in [-0.2, 0) is 13.0 Å². The van der Waals surface area contributed by atoms with Crippen molar-refractivity contribution < 1.29 is 0 Å². The van der Waals surface area contributed by atoms with Gasteiger partial charge in [0.15, 0.2) is 0 Å². The number of nitrogens with zero attached hydrogens (tertiary/aromatic N) is 1. The molecule has 0 radical (unpaired) electrons. The van der Waals surface area contributed by atoms with Gasteiger partial charge < -0.3 is 5.32 Å². The summed E-state index contributed by atoms with van der Waals surface area (Å²) in [6.45, 7) is 4.99. The molecule has 1 aromatic rings. The molecule has 21 heavy (non-hydrogen) atoms. The summed E-state index contributed by atoms with van der Waals surface area (Å²) >= 11 is 0. The molecule has 3 aliphatic rings. The highest BCUT2D eigenvalue weighted by atomic mass is 15.1. The molecule has 0 amide bonds. The van der Waals surface area contributed by atoms with Crippen molar-refractivity contribution in [1.82, 2.24) is 10.2 Å². The van der Waals surface area contributed by atoms with Crippen LogP contribution in [0.15, 0.2) is 24.3 Å². The molecule has 2 fully saturated rings. The first-order chi connectivity index (χ1) is 10.3. The van der Waals surface area contributed by atoms with E-state index in [1.807, 2.05) is 0 Å². The van der Waals surface area contributed by atoms with Crippen molar-refractivity contribution in [1.29, 1.82) is 0 Å². The van der Waals surface area contributed by atoms with Crippen molar-refractivity contribution in [3.05, 3.63) is 35.4 Å². The molecule has 1 aromatic carbocycles. The van der Waals surface area contributed by atoms with Gasteiger partial charge >= 0.3 is 0 Å². The van der Waals surface area contributed by atoms with Gasteiger partial charge in [-0.05, 0) is 48.6 Å². The van der Waals surface area contributed by atoms with Crippen LogP contribution in [0.1, 0.15) is 49.7 Å². The van der Waals surface area contributed by atoms with Crippen LogP contribution in [0.3, 0.4) is 0 Å². The van der Waals surface area contributed by atoms with E-state index in [1.165, 1.54) is 71.1 Å². The molecule has 0 spiro atoms. The predicted molar refractivity (Wildman–Crippen MR) is 87.3 cm³/mol. The number of benzene rings is 1. The van der Waals surface area contributed by atoms with E-state index in [0.29, 0.717) is 5.41 Å². The molecule has 2 saturated carbocycles. The van der Waals surface area contributed by atoms with E-state index >= 15 is 0 Å². The standard InChI is InChI=1S/C19H28N2/c1-2-6-17-13-21(12-9-16(17)5-1)15-19(10-3-4-11-19)14-20-18-7-8-18/h1-2,5-6,18,20H,3-4,7-15H2. The van der Waals surface area contributed by atoms with Crippen LogP contribution in [0.25, 0.3) is 0 Å². The second-order valence-corrected chi connectivity index (χ2v) is 7.59. The molecular weight excluding hydrogens is 256 g/mol. The molecule has 1 aliphatic heterocycles. The predicted octanol–water partition coefficient (Wildman–Crippen LogP) is 3.36. The summed E-state index contributed by atoms with van der Waals surface area (Å²) in [6, 6.07) is 9.87. The Morgan fingerprint density at radius 1 is 1.10 bits per heavy atom. The van der Waals surface area contributed by atoms with Crippen molar-refractivity contribution >= 4 is 0 Å². The summed E-state index contributed by atoms with van der Waals surface area (Å²) in [5.41, 5.74) is 3.70. The van der Waals surface area contributed by atoms with Crippen LogP contribution in [-0.4, -0.2) is 30.6 Å². The van der Waals surface area contributed by atoms with Crippen molar-refractivity contribution in [3.63, 3.8) is 0 Å². The molecule has 1 N–H and O–H groups in total. The average molecular weight is 284 g/mol. The Hall–Kier alpha value is -0.860. The fourth-order valence-electron chi connectivity index (χ4n) is 4.33. The zero-order chi connectivity index (χ0) is 14.1. The normalized spacial score (nSPS) is 25.0. The van der Waals surface area contributed by atoms with Crippen molar-refractivity contribution in [3.8, 4) is 0 Å². The third-order valence-corrected chi connectivity index (χ3v) is 5.78. The SMILES string of the molecule is c1ccc2c(c1)CCN(CC1(CNC3CC3)CCCC1)C2. The van der Waals surface area contributed by atoms with E-state index in [9.17, 15) is 0 Å². The van der Waals surface area contributed by atoms with Gasteiger partial charge in [-0.25, -0.2) is 0 Å². The fraction of sp³-hybridized carbons (Fsp3) is 0.684. The van der Waals surface area contributed by atoms with Gasteiger partial charge in [0, 0.05) is 32.2 Å². The van der Waals surface area contributed by atoms with Gasteiger partial charge in [0.1, 0.15) is 0 Å². The highest BCUT2D eigenvalue weighted by molar-refractivity contribution is 5.29. The highest BCUT2D eigenvalue weighted by Gasteiger charge is 2.37. The van der Waals surface area contributed by atoms with E-state index in [1.54, 1.807) is 11.1 Å². The lowest BCUT2D eigenvalue weighted by Crippen LogP contribution is -2.44. The molecule has 0 bridgehead atoms. The molecule has 2 heteroatoms. The lowest BCUT2D eigenvalue weighted by molar-refractivity contribution is 0.137. The fourth-order valence-corrected chi connectivity index (χ4v) is 4.33. The van der Waals surface area contributed by atoms with Gasteiger partial charge in [-0.15, -0.1) is 0 Å². The molecule has 2 nitrogen and oxygen atoms in total. The van der Waals surface area contributed by atoms with Crippen LogP contribution in [0, 0.1) is 5.41 Å². The van der Waals surface area contributed by atoms with Gasteiger partial charge in [-0.3, -0.25) is 4.90 Å². The van der Waals surface area contributed by atoms with Gasteiger partial charge in [-0.2, -0.15) is 0 Å². The zero-order valence-electron chi connectivity index (χ0n) is 13.1. The van der Waals surface area contributed by atoms with Gasteiger partial charge in [0.25, 0.3) is 0 Å². The average Bonchev–Trinajstić information content (AvgIpc) is 3.25. The summed E-state index contributed by atoms with van der Waals surface area (Å²) in [5.74, 6) is 0. The van der Waals surface area contributed by atoms with Gasteiger partial charge in [0.05, 0.1) is 0 Å². The minimum absolute atomic E-state index is 0.564. The lowest BCUT2D eigenvalue weighted by atomic mass is 9.84. The molecule has 0 atom stereocenters. The molecule has 4 rings (SSSR count). The summed E-state index contributed by atoms with van der Waals surface area (Å²) in [6.07, 6.45) is 9.81. The van der Waals surface area contributed by atoms with Crippen molar-refractivity contribution in [2.24, 2.45) is 5.41 Å². The monoisotopic (exact) mass is 284 g/mol. The maximum Gasteiger partial charge on any atom is 0.0236 e. The Morgan fingerprint density at radius 3 is 2.62 bits per heavy atom. The van der Waals surface area contributed by atoms with Crippen LogP contribution in [0.2, 0.25) is 0 Å². The van der Waals surface area contributed by atoms with E-state index in [-0.39, 0.29) is 0 Å². The highest BCUT2D eigenvalue weighted by Crippen LogP contribution is 2.40. The van der Waals surface area contributed by atoms with Gasteiger partial charge in [-0.1, -0.05) is 37.1 Å². The molecule has 0 saturated heterocycles. The number of rotatable bonds is 5. The van der Waals surface area contributed by atoms with Crippen molar-refractivity contribution in [2.45, 2.75) is 57.5 Å². The van der Waals surface area contributed by atoms with Crippen LogP contribution >= 0.6 is 0 Å². The summed E-state index contributed by atoms with van der Waals surface area (Å²) in [5, 5.41) is 3.82. The van der Waals surface area contributed by atoms with Crippen LogP contribution in [0.5, 0.6) is 0 Å². The Bertz CT molecular complexity index is 486. The van der Waals surface area contributed by atoms with Crippen LogP contribution in [0.4, 0.5) is 0 Å². The molecule has 1 heterocycles. The van der Waals surface area contributed by atoms with Crippen molar-refractivity contribution in [2.75, 3.05) is 19.6 Å². The van der Waals surface area contributed by atoms with E-state index in [4.69, 9.17) is 0 Å². The van der Waals surface area contributed by atoms with Gasteiger partial charge in [0.2, 0.25) is 0 Å². The first-order valence-electron chi connectivity index (χ1n) is 8.86. The number of hydrogen-bond acceptors (Lipinski definition) is 2. The molecule has 2 aliphatic carbocycles. The number of hydrogen-bond donors (Lipinski definition) is 1. The number of fused-ring (bicyclic) bond motifs is 1. The molecule has 114 valence electrons. The summed E-state index contributed by atoms with van der Waals surface area (Å²) in [7, 11) is 0.